The van der Waals surface area contributed by atoms with Crippen LogP contribution in [0.5, 0.6) is 0 Å². The van der Waals surface area contributed by atoms with E-state index in [1.165, 1.54) is 12.8 Å². The van der Waals surface area contributed by atoms with E-state index in [4.69, 9.17) is 18.0 Å². The van der Waals surface area contributed by atoms with Gasteiger partial charge in [0.05, 0.1) is 11.0 Å². The maximum Gasteiger partial charge on any atom is 0.237 e. The first-order chi connectivity index (χ1) is 8.58. The van der Waals surface area contributed by atoms with Gasteiger partial charge in [-0.3, -0.25) is 9.69 Å². The highest BCUT2D eigenvalue weighted by Gasteiger charge is 2.32. The smallest absolute Gasteiger partial charge is 0.237 e. The fraction of sp³-hybridized carbons (Fsp3) is 0.846. The molecule has 1 unspecified atom stereocenters. The van der Waals surface area contributed by atoms with Crippen LogP contribution in [0.1, 0.15) is 45.4 Å². The Balaban J connectivity index is 1.96. The monoisotopic (exact) mass is 269 g/mol. The van der Waals surface area contributed by atoms with E-state index in [-0.39, 0.29) is 11.9 Å². The number of nitrogens with two attached hydrogens (primary N) is 1. The van der Waals surface area contributed by atoms with Crippen LogP contribution < -0.4 is 11.1 Å². The van der Waals surface area contributed by atoms with Gasteiger partial charge in [0.15, 0.2) is 0 Å². The van der Waals surface area contributed by atoms with Crippen molar-refractivity contribution in [3.8, 4) is 0 Å². The van der Waals surface area contributed by atoms with Crippen molar-refractivity contribution in [2.45, 2.75) is 63.6 Å². The average Bonchev–Trinajstić information content (AvgIpc) is 2.96. The van der Waals surface area contributed by atoms with Crippen LogP contribution in [-0.4, -0.2) is 40.5 Å². The number of carbonyl (C=O) groups excluding carboxylic acids is 1. The molecule has 0 radical (unpaired) electrons. The Morgan fingerprint density at radius 2 is 2.00 bits per heavy atom. The number of carbonyl (C=O) groups is 1. The third-order valence-electron chi connectivity index (χ3n) is 3.93. The molecule has 2 fully saturated rings. The molecule has 102 valence electrons. The van der Waals surface area contributed by atoms with Crippen molar-refractivity contribution in [3.63, 3.8) is 0 Å². The minimum absolute atomic E-state index is 0.126. The molecule has 4 nitrogen and oxygen atoms in total. The summed E-state index contributed by atoms with van der Waals surface area (Å²) < 4.78 is 0. The number of hydrogen-bond acceptors (Lipinski definition) is 3. The summed E-state index contributed by atoms with van der Waals surface area (Å²) in [6, 6.07) is 0.747. The zero-order chi connectivity index (χ0) is 13.1. The van der Waals surface area contributed by atoms with Crippen LogP contribution in [-0.2, 0) is 4.79 Å². The zero-order valence-corrected chi connectivity index (χ0v) is 11.8. The Bertz CT molecular complexity index is 324. The summed E-state index contributed by atoms with van der Waals surface area (Å²) in [5.74, 6) is 0.126. The van der Waals surface area contributed by atoms with Crippen LogP contribution in [0, 0.1) is 0 Å². The van der Waals surface area contributed by atoms with Gasteiger partial charge in [0.25, 0.3) is 0 Å². The van der Waals surface area contributed by atoms with Gasteiger partial charge in [-0.05, 0) is 32.6 Å². The van der Waals surface area contributed by atoms with Crippen molar-refractivity contribution in [2.75, 3.05) is 6.54 Å². The van der Waals surface area contributed by atoms with E-state index < -0.39 is 0 Å². The fourth-order valence-electron chi connectivity index (χ4n) is 2.70. The second-order valence-corrected chi connectivity index (χ2v) is 6.06. The molecule has 3 N–H and O–H groups in total. The van der Waals surface area contributed by atoms with E-state index in [1.807, 2.05) is 6.92 Å². The van der Waals surface area contributed by atoms with Crippen molar-refractivity contribution in [1.29, 1.82) is 0 Å². The first kappa shape index (κ1) is 13.7. The number of amides is 1. The zero-order valence-electron chi connectivity index (χ0n) is 11.0. The molecule has 0 aromatic rings. The van der Waals surface area contributed by atoms with Crippen LogP contribution in [0.3, 0.4) is 0 Å². The van der Waals surface area contributed by atoms with E-state index >= 15 is 0 Å². The van der Waals surface area contributed by atoms with Crippen molar-refractivity contribution < 1.29 is 4.79 Å². The maximum atomic E-state index is 12.1. The van der Waals surface area contributed by atoms with Crippen LogP contribution in [0.25, 0.3) is 0 Å². The molecule has 18 heavy (non-hydrogen) atoms. The highest BCUT2D eigenvalue weighted by Crippen LogP contribution is 2.25. The molecule has 2 aliphatic carbocycles. The van der Waals surface area contributed by atoms with Gasteiger partial charge >= 0.3 is 0 Å². The summed E-state index contributed by atoms with van der Waals surface area (Å²) in [7, 11) is 0. The lowest BCUT2D eigenvalue weighted by Gasteiger charge is -2.33. The Hall–Kier alpha value is -0.680. The minimum atomic E-state index is -0.129. The van der Waals surface area contributed by atoms with Gasteiger partial charge in [0, 0.05) is 18.6 Å². The highest BCUT2D eigenvalue weighted by atomic mass is 32.1. The molecule has 0 spiro atoms. The van der Waals surface area contributed by atoms with Crippen molar-refractivity contribution in [2.24, 2.45) is 5.73 Å². The van der Waals surface area contributed by atoms with E-state index in [1.54, 1.807) is 0 Å². The lowest BCUT2D eigenvalue weighted by atomic mass is 10.1. The normalized spacial score (nSPS) is 22.1. The van der Waals surface area contributed by atoms with Gasteiger partial charge in [-0.1, -0.05) is 25.1 Å². The largest absolute Gasteiger partial charge is 0.392 e. The van der Waals surface area contributed by atoms with Gasteiger partial charge in [-0.15, -0.1) is 0 Å². The van der Waals surface area contributed by atoms with Crippen LogP contribution in [0.15, 0.2) is 0 Å². The Labute approximate surface area is 114 Å². The van der Waals surface area contributed by atoms with Crippen LogP contribution >= 0.6 is 12.2 Å². The molecular weight excluding hydrogens is 246 g/mol. The SMILES string of the molecule is CC(C(=O)NC1CC1)N(CC(N)=S)C1CCCC1. The third-order valence-corrected chi connectivity index (χ3v) is 4.06. The molecule has 0 aromatic heterocycles. The van der Waals surface area contributed by atoms with Gasteiger partial charge in [-0.25, -0.2) is 0 Å². The molecule has 1 atom stereocenters. The quantitative estimate of drug-likeness (QED) is 0.711. The second-order valence-electron chi connectivity index (χ2n) is 5.54. The summed E-state index contributed by atoms with van der Waals surface area (Å²) in [4.78, 5) is 14.8. The Morgan fingerprint density at radius 1 is 1.39 bits per heavy atom. The van der Waals surface area contributed by atoms with E-state index in [2.05, 4.69) is 10.2 Å². The predicted molar refractivity (Wildman–Crippen MR) is 76.4 cm³/mol. The topological polar surface area (TPSA) is 58.4 Å². The molecule has 5 heteroatoms. The van der Waals surface area contributed by atoms with E-state index in [0.717, 1.165) is 25.7 Å². The predicted octanol–water partition coefficient (Wildman–Crippen LogP) is 1.18. The lowest BCUT2D eigenvalue weighted by molar-refractivity contribution is -0.126. The second kappa shape index (κ2) is 5.97. The van der Waals surface area contributed by atoms with Gasteiger partial charge in [-0.2, -0.15) is 0 Å². The first-order valence-electron chi connectivity index (χ1n) is 6.92. The van der Waals surface area contributed by atoms with E-state index in [0.29, 0.717) is 23.6 Å². The lowest BCUT2D eigenvalue weighted by Crippen LogP contribution is -2.52. The fourth-order valence-corrected chi connectivity index (χ4v) is 2.85. The molecular formula is C13H23N3OS. The molecule has 0 aromatic carbocycles. The Morgan fingerprint density at radius 3 is 2.50 bits per heavy atom. The number of nitrogens with one attached hydrogen (secondary N) is 1. The molecule has 2 rings (SSSR count). The molecule has 0 saturated heterocycles. The van der Waals surface area contributed by atoms with Crippen LogP contribution in [0.4, 0.5) is 0 Å². The highest BCUT2D eigenvalue weighted by molar-refractivity contribution is 7.80. The Kier molecular flexibility index (Phi) is 4.56. The van der Waals surface area contributed by atoms with Gasteiger partial charge < -0.3 is 11.1 Å². The molecule has 2 aliphatic rings. The summed E-state index contributed by atoms with van der Waals surface area (Å²) >= 11 is 5.02. The van der Waals surface area contributed by atoms with E-state index in [9.17, 15) is 4.79 Å². The molecule has 0 bridgehead atoms. The maximum absolute atomic E-state index is 12.1. The molecule has 2 saturated carbocycles. The summed E-state index contributed by atoms with van der Waals surface area (Å²) in [5, 5.41) is 3.07. The molecule has 0 heterocycles. The number of thiocarbonyl (C=S) groups is 1. The number of hydrogen-bond donors (Lipinski definition) is 2. The average molecular weight is 269 g/mol. The van der Waals surface area contributed by atoms with Crippen molar-refractivity contribution in [3.05, 3.63) is 0 Å². The molecule has 1 amide bonds. The first-order valence-corrected chi connectivity index (χ1v) is 7.33. The minimum Gasteiger partial charge on any atom is -0.392 e. The molecule has 0 aliphatic heterocycles. The standard InChI is InChI=1S/C13H23N3OS/c1-9(13(17)15-10-6-7-10)16(8-12(14)18)11-4-2-3-5-11/h9-11H,2-8H2,1H3,(H2,14,18)(H,15,17). The number of rotatable bonds is 6. The summed E-state index contributed by atoms with van der Waals surface area (Å²) in [6.07, 6.45) is 7.05. The number of nitrogens with zero attached hydrogens (tertiary/aromatic N) is 1. The van der Waals surface area contributed by atoms with Gasteiger partial charge in [0.2, 0.25) is 5.91 Å². The van der Waals surface area contributed by atoms with Crippen LogP contribution in [0.2, 0.25) is 0 Å². The van der Waals surface area contributed by atoms with Crippen molar-refractivity contribution in [1.82, 2.24) is 10.2 Å². The van der Waals surface area contributed by atoms with Gasteiger partial charge in [0.1, 0.15) is 0 Å². The van der Waals surface area contributed by atoms with Crippen molar-refractivity contribution >= 4 is 23.1 Å². The summed E-state index contributed by atoms with van der Waals surface area (Å²) in [6.45, 7) is 2.52. The third kappa shape index (κ3) is 3.65. The summed E-state index contributed by atoms with van der Waals surface area (Å²) in [5.41, 5.74) is 5.67.